The van der Waals surface area contributed by atoms with Crippen molar-refractivity contribution >= 4 is 23.2 Å². The van der Waals surface area contributed by atoms with Gasteiger partial charge in [-0.2, -0.15) is 0 Å². The second kappa shape index (κ2) is 4.78. The lowest BCUT2D eigenvalue weighted by Crippen LogP contribution is -1.66. The van der Waals surface area contributed by atoms with E-state index in [0.29, 0.717) is 5.02 Å². The third-order valence-corrected chi connectivity index (χ3v) is 1.45. The number of benzene rings is 1. The Balaban J connectivity index is 0.000000461. The van der Waals surface area contributed by atoms with Crippen LogP contribution in [0.4, 0.5) is 0 Å². The predicted octanol–water partition coefficient (Wildman–Crippen LogP) is 2.73. The van der Waals surface area contributed by atoms with Gasteiger partial charge in [-0.05, 0) is 18.2 Å². The van der Waals surface area contributed by atoms with Crippen LogP contribution in [0.25, 0.3) is 0 Å². The summed E-state index contributed by atoms with van der Waals surface area (Å²) in [6.07, 6.45) is 0. The van der Waals surface area contributed by atoms with Crippen molar-refractivity contribution in [3.63, 3.8) is 0 Å². The largest absolute Gasteiger partial charge is 0.506 e. The second-order valence-corrected chi connectivity index (χ2v) is 2.44. The van der Waals surface area contributed by atoms with Crippen molar-refractivity contribution in [2.24, 2.45) is 0 Å². The van der Waals surface area contributed by atoms with Crippen LogP contribution in [0.1, 0.15) is 0 Å². The van der Waals surface area contributed by atoms with Crippen molar-refractivity contribution in [3.8, 4) is 5.75 Å². The van der Waals surface area contributed by atoms with E-state index in [9.17, 15) is 0 Å². The highest BCUT2D eigenvalue weighted by molar-refractivity contribution is 6.35. The Hall–Kier alpha value is -0.980. The molecule has 0 aromatic heterocycles. The third kappa shape index (κ3) is 3.08. The molecule has 0 fully saturated rings. The molecule has 1 aromatic rings. The van der Waals surface area contributed by atoms with Gasteiger partial charge in [-0.25, -0.2) is 0 Å². The van der Waals surface area contributed by atoms with Crippen LogP contribution in [0.2, 0.25) is 10.0 Å². The minimum absolute atomic E-state index is 0.0565. The van der Waals surface area contributed by atoms with Gasteiger partial charge in [-0.1, -0.05) is 23.2 Å². The fraction of sp³-hybridized carbons (Fsp3) is 0. The highest BCUT2D eigenvalue weighted by atomic mass is 35.5. The molecule has 0 aliphatic heterocycles. The highest BCUT2D eigenvalue weighted by Gasteiger charge is 1.95. The van der Waals surface area contributed by atoms with Crippen molar-refractivity contribution in [2.45, 2.75) is 0 Å². The van der Waals surface area contributed by atoms with Crippen LogP contribution >= 0.6 is 23.2 Å². The first kappa shape index (κ1) is 10.0. The Labute approximate surface area is 73.6 Å². The molecule has 1 N–H and O–H groups in total. The van der Waals surface area contributed by atoms with Crippen LogP contribution in [-0.2, 0) is 0 Å². The van der Waals surface area contributed by atoms with Crippen LogP contribution in [0.5, 0.6) is 5.75 Å². The Kier molecular flexibility index (Phi) is 4.35. The summed E-state index contributed by atoms with van der Waals surface area (Å²) in [7, 11) is 0. The van der Waals surface area contributed by atoms with Crippen molar-refractivity contribution in [2.75, 3.05) is 0 Å². The van der Waals surface area contributed by atoms with Gasteiger partial charge in [0.05, 0.1) is 5.02 Å². The number of rotatable bonds is 0. The molecule has 5 heteroatoms. The first-order valence-corrected chi connectivity index (χ1v) is 3.30. The molecule has 0 heterocycles. The number of phenolic OH excluding ortho intramolecular Hbond substituents is 1. The van der Waals surface area contributed by atoms with Crippen LogP contribution < -0.4 is 0 Å². The molecular formula is C6H4Cl2N2O. The SMILES string of the molecule is N#N.Oc1ccc(Cl)cc1Cl. The Morgan fingerprint density at radius 1 is 1.18 bits per heavy atom. The zero-order valence-electron chi connectivity index (χ0n) is 5.33. The Bertz CT molecular complexity index is 262. The summed E-state index contributed by atoms with van der Waals surface area (Å²) in [5.74, 6) is 0.0565. The van der Waals surface area contributed by atoms with Gasteiger partial charge < -0.3 is 5.11 Å². The zero-order chi connectivity index (χ0) is 8.85. The monoisotopic (exact) mass is 190 g/mol. The van der Waals surface area contributed by atoms with E-state index in [-0.39, 0.29) is 10.8 Å². The van der Waals surface area contributed by atoms with Crippen molar-refractivity contribution < 1.29 is 5.11 Å². The fourth-order valence-electron chi connectivity index (χ4n) is 0.481. The van der Waals surface area contributed by atoms with E-state index in [1.807, 2.05) is 0 Å². The van der Waals surface area contributed by atoms with Gasteiger partial charge >= 0.3 is 0 Å². The molecular weight excluding hydrogens is 187 g/mol. The number of phenols is 1. The first-order valence-electron chi connectivity index (χ1n) is 2.54. The molecule has 1 rings (SSSR count). The minimum atomic E-state index is 0.0565. The maximum Gasteiger partial charge on any atom is 0.134 e. The van der Waals surface area contributed by atoms with E-state index in [4.69, 9.17) is 39.1 Å². The molecule has 0 aliphatic carbocycles. The van der Waals surface area contributed by atoms with Gasteiger partial charge in [0.2, 0.25) is 0 Å². The van der Waals surface area contributed by atoms with Crippen LogP contribution in [0.3, 0.4) is 0 Å². The second-order valence-electron chi connectivity index (χ2n) is 1.60. The van der Waals surface area contributed by atoms with Crippen molar-refractivity contribution in [1.29, 1.82) is 10.8 Å². The third-order valence-electron chi connectivity index (χ3n) is 0.910. The average molecular weight is 191 g/mol. The molecule has 0 spiro atoms. The Morgan fingerprint density at radius 3 is 2.09 bits per heavy atom. The summed E-state index contributed by atoms with van der Waals surface area (Å²) in [6.45, 7) is 0. The standard InChI is InChI=1S/C6H4Cl2O.N2/c7-4-1-2-6(9)5(8)3-4;1-2/h1-3,9H;. The molecule has 58 valence electrons. The zero-order valence-corrected chi connectivity index (χ0v) is 6.84. The number of hydrogen-bond acceptors (Lipinski definition) is 3. The molecule has 0 saturated heterocycles. The summed E-state index contributed by atoms with van der Waals surface area (Å²) in [4.78, 5) is 0. The normalized spacial score (nSPS) is 8.00. The summed E-state index contributed by atoms with van der Waals surface area (Å²) >= 11 is 11.0. The number of aromatic hydroxyl groups is 1. The van der Waals surface area contributed by atoms with E-state index >= 15 is 0 Å². The van der Waals surface area contributed by atoms with E-state index in [1.165, 1.54) is 12.1 Å². The van der Waals surface area contributed by atoms with E-state index in [1.54, 1.807) is 6.07 Å². The van der Waals surface area contributed by atoms with Crippen LogP contribution in [-0.4, -0.2) is 5.11 Å². The molecule has 3 nitrogen and oxygen atoms in total. The molecule has 1 aromatic carbocycles. The van der Waals surface area contributed by atoms with Gasteiger partial charge in [0, 0.05) is 15.8 Å². The van der Waals surface area contributed by atoms with Gasteiger partial charge in [0.15, 0.2) is 0 Å². The predicted molar refractivity (Wildman–Crippen MR) is 41.6 cm³/mol. The van der Waals surface area contributed by atoms with Crippen molar-refractivity contribution in [3.05, 3.63) is 28.2 Å². The molecule has 0 atom stereocenters. The quantitative estimate of drug-likeness (QED) is 0.641. The molecule has 11 heavy (non-hydrogen) atoms. The number of hydrogen-bond donors (Lipinski definition) is 1. The topological polar surface area (TPSA) is 67.8 Å². The summed E-state index contributed by atoms with van der Waals surface area (Å²) < 4.78 is 0. The molecule has 0 radical (unpaired) electrons. The molecule has 0 amide bonds. The maximum atomic E-state index is 8.85. The lowest BCUT2D eigenvalue weighted by molar-refractivity contribution is 0.475. The fourth-order valence-corrected chi connectivity index (χ4v) is 0.890. The van der Waals surface area contributed by atoms with E-state index in [2.05, 4.69) is 0 Å². The maximum absolute atomic E-state index is 8.85. The van der Waals surface area contributed by atoms with E-state index < -0.39 is 0 Å². The summed E-state index contributed by atoms with van der Waals surface area (Å²) in [6, 6.07) is 4.51. The van der Waals surface area contributed by atoms with E-state index in [0.717, 1.165) is 0 Å². The first-order chi connectivity index (χ1) is 5.20. The van der Waals surface area contributed by atoms with Crippen LogP contribution in [0.15, 0.2) is 18.2 Å². The molecule has 0 aliphatic rings. The van der Waals surface area contributed by atoms with Gasteiger partial charge in [0.1, 0.15) is 5.75 Å². The molecule has 0 saturated carbocycles. The summed E-state index contributed by atoms with van der Waals surface area (Å²) in [5, 5.41) is 21.7. The van der Waals surface area contributed by atoms with Gasteiger partial charge in [-0.15, -0.1) is 0 Å². The highest BCUT2D eigenvalue weighted by Crippen LogP contribution is 2.25. The summed E-state index contributed by atoms with van der Waals surface area (Å²) in [5.41, 5.74) is 0. The number of halogens is 2. The number of nitrogens with zero attached hydrogens (tertiary/aromatic N) is 2. The van der Waals surface area contributed by atoms with Gasteiger partial charge in [0.25, 0.3) is 0 Å². The Morgan fingerprint density at radius 2 is 1.73 bits per heavy atom. The molecule has 0 unspecified atom stereocenters. The van der Waals surface area contributed by atoms with Gasteiger partial charge in [-0.3, -0.25) is 0 Å². The smallest absolute Gasteiger partial charge is 0.134 e. The lowest BCUT2D eigenvalue weighted by atomic mass is 10.3. The lowest BCUT2D eigenvalue weighted by Gasteiger charge is -1.93. The minimum Gasteiger partial charge on any atom is -0.506 e. The van der Waals surface area contributed by atoms with Crippen molar-refractivity contribution in [1.82, 2.24) is 0 Å². The van der Waals surface area contributed by atoms with Crippen LogP contribution in [0, 0.1) is 10.8 Å². The molecule has 0 bridgehead atoms. The average Bonchev–Trinajstić information content (AvgIpc) is 2.02.